The number of amides is 2. The quantitative estimate of drug-likeness (QED) is 0.788. The lowest BCUT2D eigenvalue weighted by Gasteiger charge is -2.17. The molecule has 0 radical (unpaired) electrons. The minimum atomic E-state index is -0.629. The fraction of sp³-hybridized carbons (Fsp3) is 0.522. The van der Waals surface area contributed by atoms with Crippen LogP contribution in [0, 0.1) is 5.82 Å². The Morgan fingerprint density at radius 3 is 2.57 bits per heavy atom. The average molecular weight is 413 g/mol. The van der Waals surface area contributed by atoms with Crippen LogP contribution < -0.4 is 10.6 Å². The molecule has 2 N–H and O–H groups in total. The number of nitrogens with zero attached hydrogens (tertiary/aromatic N) is 2. The second kappa shape index (κ2) is 8.98. The minimum absolute atomic E-state index is 0.153. The summed E-state index contributed by atoms with van der Waals surface area (Å²) in [4.78, 5) is 30.2. The third-order valence-electron chi connectivity index (χ3n) is 6.13. The van der Waals surface area contributed by atoms with Gasteiger partial charge in [0.2, 0.25) is 5.91 Å². The lowest BCUT2D eigenvalue weighted by Crippen LogP contribution is -2.47. The third-order valence-corrected chi connectivity index (χ3v) is 6.13. The summed E-state index contributed by atoms with van der Waals surface area (Å²) in [5, 5.41) is 5.86. The van der Waals surface area contributed by atoms with Gasteiger partial charge in [0, 0.05) is 18.2 Å². The Balaban J connectivity index is 1.55. The van der Waals surface area contributed by atoms with Crippen molar-refractivity contribution in [1.29, 1.82) is 0 Å². The summed E-state index contributed by atoms with van der Waals surface area (Å²) >= 11 is 0. The molecule has 1 aromatic heterocycles. The van der Waals surface area contributed by atoms with Gasteiger partial charge in [-0.15, -0.1) is 0 Å². The maximum Gasteiger partial charge on any atom is 0.272 e. The number of nitrogens with one attached hydrogen (secondary N) is 2. The molecule has 2 aromatic rings. The van der Waals surface area contributed by atoms with Crippen molar-refractivity contribution in [1.82, 2.24) is 20.2 Å². The Morgan fingerprint density at radius 2 is 1.83 bits per heavy atom. The molecule has 0 spiro atoms. The molecule has 160 valence electrons. The Labute approximate surface area is 176 Å². The predicted molar refractivity (Wildman–Crippen MR) is 113 cm³/mol. The summed E-state index contributed by atoms with van der Waals surface area (Å²) in [6, 6.07) is 5.78. The molecule has 30 heavy (non-hydrogen) atoms. The molecule has 1 aromatic carbocycles. The first kappa shape index (κ1) is 20.6. The minimum Gasteiger partial charge on any atom is -0.352 e. The van der Waals surface area contributed by atoms with Crippen molar-refractivity contribution in [3.8, 4) is 11.4 Å². The number of aromatic nitrogens is 2. The molecule has 7 heteroatoms. The summed E-state index contributed by atoms with van der Waals surface area (Å²) in [7, 11) is 0. The van der Waals surface area contributed by atoms with Gasteiger partial charge in [0.15, 0.2) is 0 Å². The van der Waals surface area contributed by atoms with Gasteiger partial charge in [0.25, 0.3) is 5.91 Å². The summed E-state index contributed by atoms with van der Waals surface area (Å²) < 4.78 is 15.5. The first-order valence-corrected chi connectivity index (χ1v) is 11.0. The lowest BCUT2D eigenvalue weighted by atomic mass is 10.1. The van der Waals surface area contributed by atoms with Gasteiger partial charge in [0.1, 0.15) is 23.4 Å². The number of rotatable bonds is 5. The van der Waals surface area contributed by atoms with Crippen molar-refractivity contribution in [3.63, 3.8) is 0 Å². The van der Waals surface area contributed by atoms with Crippen LogP contribution in [0.5, 0.6) is 0 Å². The molecular formula is C23H29FN4O2. The van der Waals surface area contributed by atoms with Crippen molar-refractivity contribution < 1.29 is 14.0 Å². The number of halogens is 1. The smallest absolute Gasteiger partial charge is 0.272 e. The van der Waals surface area contributed by atoms with Gasteiger partial charge in [-0.1, -0.05) is 19.3 Å². The molecule has 1 fully saturated rings. The Hall–Kier alpha value is -2.70. The van der Waals surface area contributed by atoms with Gasteiger partial charge in [-0.05, 0) is 63.3 Å². The maximum absolute atomic E-state index is 13.4. The second-order valence-electron chi connectivity index (χ2n) is 8.39. The van der Waals surface area contributed by atoms with Crippen LogP contribution >= 0.6 is 0 Å². The van der Waals surface area contributed by atoms with Crippen LogP contribution in [-0.4, -0.2) is 33.4 Å². The first-order valence-electron chi connectivity index (χ1n) is 11.0. The van der Waals surface area contributed by atoms with Crippen LogP contribution in [0.25, 0.3) is 11.4 Å². The van der Waals surface area contributed by atoms with Crippen LogP contribution in [0.1, 0.15) is 68.1 Å². The molecule has 2 heterocycles. The number of benzene rings is 1. The van der Waals surface area contributed by atoms with Gasteiger partial charge in [-0.3, -0.25) is 9.59 Å². The zero-order valence-corrected chi connectivity index (χ0v) is 17.4. The number of hydrogen-bond acceptors (Lipinski definition) is 3. The third kappa shape index (κ3) is 4.40. The number of imidazole rings is 1. The lowest BCUT2D eigenvalue weighted by molar-refractivity contribution is -0.123. The van der Waals surface area contributed by atoms with E-state index in [-0.39, 0.29) is 23.7 Å². The van der Waals surface area contributed by atoms with Gasteiger partial charge >= 0.3 is 0 Å². The van der Waals surface area contributed by atoms with Crippen LogP contribution in [0.15, 0.2) is 24.3 Å². The number of carbonyl (C=O) groups excluding carboxylic acids is 2. The molecule has 1 atom stereocenters. The second-order valence-corrected chi connectivity index (χ2v) is 8.39. The SMILES string of the molecule is C[C@H](NC(=O)c1nc(-c2ccc(F)cc2)n2c1CCCCC2)C(=O)NC1CCCC1. The molecule has 2 aliphatic rings. The van der Waals surface area contributed by atoms with E-state index in [1.165, 1.54) is 12.1 Å². The van der Waals surface area contributed by atoms with Crippen molar-refractivity contribution in [2.45, 2.75) is 76.9 Å². The van der Waals surface area contributed by atoms with Gasteiger partial charge in [-0.2, -0.15) is 0 Å². The predicted octanol–water partition coefficient (Wildman–Crippen LogP) is 3.59. The summed E-state index contributed by atoms with van der Waals surface area (Å²) in [6.45, 7) is 2.48. The molecule has 1 saturated carbocycles. The maximum atomic E-state index is 13.4. The molecular weight excluding hydrogens is 383 g/mol. The number of carbonyl (C=O) groups is 2. The van der Waals surface area contributed by atoms with Crippen LogP contribution in [-0.2, 0) is 17.8 Å². The Bertz CT molecular complexity index is 916. The highest BCUT2D eigenvalue weighted by atomic mass is 19.1. The van der Waals surface area contributed by atoms with Gasteiger partial charge in [-0.25, -0.2) is 9.37 Å². The summed E-state index contributed by atoms with van der Waals surface area (Å²) in [5.74, 6) is -0.107. The molecule has 0 bridgehead atoms. The number of fused-ring (bicyclic) bond motifs is 1. The first-order chi connectivity index (χ1) is 14.5. The van der Waals surface area contributed by atoms with E-state index in [1.54, 1.807) is 19.1 Å². The summed E-state index contributed by atoms with van der Waals surface area (Å²) in [5.41, 5.74) is 2.05. The Kier molecular flexibility index (Phi) is 6.16. The molecule has 6 nitrogen and oxygen atoms in total. The topological polar surface area (TPSA) is 76.0 Å². The summed E-state index contributed by atoms with van der Waals surface area (Å²) in [6.07, 6.45) is 8.14. The van der Waals surface area contributed by atoms with Crippen molar-refractivity contribution >= 4 is 11.8 Å². The van der Waals surface area contributed by atoms with E-state index in [2.05, 4.69) is 20.2 Å². The van der Waals surface area contributed by atoms with E-state index in [0.717, 1.165) is 69.2 Å². The van der Waals surface area contributed by atoms with Gasteiger partial charge < -0.3 is 15.2 Å². The highest BCUT2D eigenvalue weighted by Gasteiger charge is 2.27. The average Bonchev–Trinajstić information content (AvgIpc) is 3.30. The van der Waals surface area contributed by atoms with Crippen LogP contribution in [0.2, 0.25) is 0 Å². The molecule has 4 rings (SSSR count). The molecule has 2 amide bonds. The van der Waals surface area contributed by atoms with E-state index in [9.17, 15) is 14.0 Å². The van der Waals surface area contributed by atoms with Crippen molar-refractivity contribution in [2.75, 3.05) is 0 Å². The van der Waals surface area contributed by atoms with E-state index < -0.39 is 6.04 Å². The largest absolute Gasteiger partial charge is 0.352 e. The monoisotopic (exact) mass is 412 g/mol. The van der Waals surface area contributed by atoms with Crippen LogP contribution in [0.4, 0.5) is 4.39 Å². The fourth-order valence-corrected chi connectivity index (χ4v) is 4.45. The highest BCUT2D eigenvalue weighted by Crippen LogP contribution is 2.27. The zero-order chi connectivity index (χ0) is 21.1. The number of hydrogen-bond donors (Lipinski definition) is 2. The van der Waals surface area contributed by atoms with E-state index in [4.69, 9.17) is 0 Å². The van der Waals surface area contributed by atoms with Crippen molar-refractivity contribution in [2.24, 2.45) is 0 Å². The Morgan fingerprint density at radius 1 is 1.10 bits per heavy atom. The van der Waals surface area contributed by atoms with Crippen LogP contribution in [0.3, 0.4) is 0 Å². The molecule has 0 saturated heterocycles. The molecule has 1 aliphatic heterocycles. The molecule has 0 unspecified atom stereocenters. The van der Waals surface area contributed by atoms with E-state index in [0.29, 0.717) is 11.5 Å². The van der Waals surface area contributed by atoms with Gasteiger partial charge in [0.05, 0.1) is 5.69 Å². The zero-order valence-electron chi connectivity index (χ0n) is 17.4. The normalized spacial score (nSPS) is 17.8. The van der Waals surface area contributed by atoms with Crippen molar-refractivity contribution in [3.05, 3.63) is 41.5 Å². The highest BCUT2D eigenvalue weighted by molar-refractivity contribution is 5.97. The van der Waals surface area contributed by atoms with E-state index in [1.807, 2.05) is 0 Å². The fourth-order valence-electron chi connectivity index (χ4n) is 4.45. The van der Waals surface area contributed by atoms with E-state index >= 15 is 0 Å². The standard InChI is InChI=1S/C23H29FN4O2/c1-15(22(29)26-18-7-4-5-8-18)25-23(30)20-19-9-3-2-6-14-28(19)21(27-20)16-10-12-17(24)13-11-16/h10-13,15,18H,2-9,14H2,1H3,(H,25,30)(H,26,29)/t15-/m0/s1. The molecule has 1 aliphatic carbocycles.